The summed E-state index contributed by atoms with van der Waals surface area (Å²) in [5, 5.41) is 0.808. The van der Waals surface area contributed by atoms with Crippen LogP contribution in [0.5, 0.6) is 5.75 Å². The van der Waals surface area contributed by atoms with Gasteiger partial charge >= 0.3 is 6.09 Å². The van der Waals surface area contributed by atoms with Gasteiger partial charge in [-0.2, -0.15) is 0 Å². The van der Waals surface area contributed by atoms with E-state index in [0.717, 1.165) is 70.2 Å². The zero-order chi connectivity index (χ0) is 23.2. The number of thiazole rings is 1. The highest BCUT2D eigenvalue weighted by Crippen LogP contribution is 2.40. The zero-order valence-corrected chi connectivity index (χ0v) is 20.3. The number of carbonyl (C=O) groups is 1. The number of carbonyl (C=O) groups excluding carboxylic acids is 1. The lowest BCUT2D eigenvalue weighted by Crippen LogP contribution is -2.39. The Hall–Kier alpha value is -2.85. The minimum Gasteiger partial charge on any atom is -0.494 e. The summed E-state index contributed by atoms with van der Waals surface area (Å²) in [7, 11) is 1.67. The van der Waals surface area contributed by atoms with Crippen LogP contribution in [0.2, 0.25) is 0 Å². The molecule has 0 atom stereocenters. The van der Waals surface area contributed by atoms with Crippen molar-refractivity contribution in [2.45, 2.75) is 39.3 Å². The molecule has 0 spiro atoms. The molecule has 1 N–H and O–H groups in total. The van der Waals surface area contributed by atoms with Gasteiger partial charge in [0.05, 0.1) is 48.6 Å². The number of H-pyrrole nitrogens is 1. The fraction of sp³-hybridized carbons (Fsp3) is 0.522. The normalized spacial score (nSPS) is 16.7. The number of aromatic amines is 1. The largest absolute Gasteiger partial charge is 0.494 e. The molecule has 2 aromatic heterocycles. The number of fused-ring (bicyclic) bond motifs is 2. The summed E-state index contributed by atoms with van der Waals surface area (Å²) in [5.41, 5.74) is 3.37. The van der Waals surface area contributed by atoms with Gasteiger partial charge in [0.15, 0.2) is 10.8 Å². The van der Waals surface area contributed by atoms with Gasteiger partial charge in [0.2, 0.25) is 0 Å². The van der Waals surface area contributed by atoms with Crippen LogP contribution in [0.1, 0.15) is 32.2 Å². The average Bonchev–Trinajstić information content (AvgIpc) is 3.42. The van der Waals surface area contributed by atoms with Crippen LogP contribution in [0.4, 0.5) is 10.5 Å². The standard InChI is InChI=1S/C23H29N5O4S/c1-23(2,3)32-22(29)28-8-7-14-15(13-28)25-20(24-14)21-26-18-17(30-4)6-5-16(19(18)33-21)27-9-11-31-12-10-27/h5-6H,7-13H2,1-4H3,(H,24,25). The smallest absolute Gasteiger partial charge is 0.410 e. The zero-order valence-electron chi connectivity index (χ0n) is 19.4. The number of amides is 1. The van der Waals surface area contributed by atoms with Gasteiger partial charge in [-0.15, -0.1) is 11.3 Å². The van der Waals surface area contributed by atoms with Crippen molar-refractivity contribution in [1.29, 1.82) is 0 Å². The predicted molar refractivity (Wildman–Crippen MR) is 127 cm³/mol. The molecule has 1 amide bonds. The lowest BCUT2D eigenvalue weighted by Gasteiger charge is -2.29. The maximum Gasteiger partial charge on any atom is 0.410 e. The van der Waals surface area contributed by atoms with E-state index in [1.807, 2.05) is 26.8 Å². The first-order chi connectivity index (χ1) is 15.8. The first-order valence-corrected chi connectivity index (χ1v) is 12.0. The van der Waals surface area contributed by atoms with Gasteiger partial charge in [-0.1, -0.05) is 0 Å². The lowest BCUT2D eigenvalue weighted by atomic mass is 10.1. The summed E-state index contributed by atoms with van der Waals surface area (Å²) in [4.78, 5) is 29.7. The number of ether oxygens (including phenoxy) is 3. The summed E-state index contributed by atoms with van der Waals surface area (Å²) in [5.74, 6) is 1.47. The van der Waals surface area contributed by atoms with Gasteiger partial charge in [0.25, 0.3) is 0 Å². The molecule has 5 rings (SSSR count). The number of hydrogen-bond donors (Lipinski definition) is 1. The third-order valence-electron chi connectivity index (χ3n) is 5.74. The van der Waals surface area contributed by atoms with Crippen molar-refractivity contribution < 1.29 is 19.0 Å². The Labute approximate surface area is 196 Å². The van der Waals surface area contributed by atoms with E-state index in [0.29, 0.717) is 19.5 Å². The molecule has 1 saturated heterocycles. The molecule has 10 heteroatoms. The van der Waals surface area contributed by atoms with E-state index in [9.17, 15) is 4.79 Å². The number of hydrogen-bond acceptors (Lipinski definition) is 8. The summed E-state index contributed by atoms with van der Waals surface area (Å²) in [6.07, 6.45) is 0.377. The van der Waals surface area contributed by atoms with Gasteiger partial charge in [0.1, 0.15) is 16.9 Å². The molecule has 2 aliphatic heterocycles. The molecule has 1 fully saturated rings. The Bertz CT molecular complexity index is 1180. The highest BCUT2D eigenvalue weighted by molar-refractivity contribution is 7.22. The van der Waals surface area contributed by atoms with Gasteiger partial charge in [-0.3, -0.25) is 0 Å². The van der Waals surface area contributed by atoms with Crippen molar-refractivity contribution >= 4 is 33.3 Å². The number of rotatable bonds is 3. The van der Waals surface area contributed by atoms with E-state index in [4.69, 9.17) is 24.2 Å². The third kappa shape index (κ3) is 4.37. The fourth-order valence-electron chi connectivity index (χ4n) is 4.17. The van der Waals surface area contributed by atoms with Crippen molar-refractivity contribution in [1.82, 2.24) is 19.9 Å². The number of nitrogens with zero attached hydrogens (tertiary/aromatic N) is 4. The molecule has 0 radical (unpaired) electrons. The molecule has 0 bridgehead atoms. The second kappa shape index (κ2) is 8.49. The topological polar surface area (TPSA) is 92.8 Å². The SMILES string of the molecule is COc1ccc(N2CCOCC2)c2sc(-c3nc4c([nH]3)CN(C(=O)OC(C)(C)C)CC4)nc12. The van der Waals surface area contributed by atoms with E-state index in [1.165, 1.54) is 0 Å². The van der Waals surface area contributed by atoms with Gasteiger partial charge in [-0.05, 0) is 32.9 Å². The first-order valence-electron chi connectivity index (χ1n) is 11.2. The summed E-state index contributed by atoms with van der Waals surface area (Å²) in [6, 6.07) is 4.07. The minimum absolute atomic E-state index is 0.302. The number of aromatic nitrogens is 3. The second-order valence-corrected chi connectivity index (χ2v) is 10.2. The van der Waals surface area contributed by atoms with Gasteiger partial charge in [0, 0.05) is 26.1 Å². The van der Waals surface area contributed by atoms with Gasteiger partial charge < -0.3 is 29.0 Å². The van der Waals surface area contributed by atoms with Crippen LogP contribution in [0.3, 0.4) is 0 Å². The Morgan fingerprint density at radius 3 is 2.70 bits per heavy atom. The number of methoxy groups -OCH3 is 1. The molecule has 33 heavy (non-hydrogen) atoms. The minimum atomic E-state index is -0.519. The molecule has 4 heterocycles. The number of nitrogens with one attached hydrogen (secondary N) is 1. The monoisotopic (exact) mass is 471 g/mol. The summed E-state index contributed by atoms with van der Waals surface area (Å²) >= 11 is 1.61. The molecule has 9 nitrogen and oxygen atoms in total. The Morgan fingerprint density at radius 2 is 1.97 bits per heavy atom. The molecule has 0 aliphatic carbocycles. The van der Waals surface area contributed by atoms with Crippen LogP contribution in [-0.2, 0) is 22.4 Å². The van der Waals surface area contributed by atoms with E-state index in [-0.39, 0.29) is 6.09 Å². The first kappa shape index (κ1) is 22.0. The van der Waals surface area contributed by atoms with Crippen molar-refractivity contribution in [3.8, 4) is 16.6 Å². The lowest BCUT2D eigenvalue weighted by molar-refractivity contribution is 0.0221. The van der Waals surface area contributed by atoms with Crippen molar-refractivity contribution in [2.24, 2.45) is 0 Å². The highest BCUT2D eigenvalue weighted by atomic mass is 32.1. The molecule has 0 saturated carbocycles. The molecule has 2 aliphatic rings. The summed E-state index contributed by atoms with van der Waals surface area (Å²) < 4.78 is 17.7. The van der Waals surface area contributed by atoms with Crippen molar-refractivity contribution in [3.05, 3.63) is 23.5 Å². The Morgan fingerprint density at radius 1 is 1.18 bits per heavy atom. The Kier molecular flexibility index (Phi) is 5.65. The molecule has 3 aromatic rings. The van der Waals surface area contributed by atoms with E-state index < -0.39 is 5.60 Å². The molecule has 0 unspecified atom stereocenters. The average molecular weight is 472 g/mol. The van der Waals surface area contributed by atoms with E-state index in [1.54, 1.807) is 23.3 Å². The maximum atomic E-state index is 12.5. The van der Waals surface area contributed by atoms with E-state index >= 15 is 0 Å². The maximum absolute atomic E-state index is 12.5. The van der Waals surface area contributed by atoms with E-state index in [2.05, 4.69) is 16.0 Å². The molecular formula is C23H29N5O4S. The van der Waals surface area contributed by atoms with Crippen molar-refractivity contribution in [2.75, 3.05) is 44.9 Å². The quantitative estimate of drug-likeness (QED) is 0.621. The van der Waals surface area contributed by atoms with Gasteiger partial charge in [-0.25, -0.2) is 14.8 Å². The van der Waals surface area contributed by atoms with Crippen LogP contribution >= 0.6 is 11.3 Å². The van der Waals surface area contributed by atoms with Crippen LogP contribution in [0.25, 0.3) is 21.0 Å². The second-order valence-electron chi connectivity index (χ2n) is 9.25. The molecule has 1 aromatic carbocycles. The van der Waals surface area contributed by atoms with Crippen LogP contribution < -0.4 is 9.64 Å². The fourth-order valence-corrected chi connectivity index (χ4v) is 5.23. The predicted octanol–water partition coefficient (Wildman–Crippen LogP) is 3.82. The number of anilines is 1. The summed E-state index contributed by atoms with van der Waals surface area (Å²) in [6.45, 7) is 9.81. The molecule has 176 valence electrons. The van der Waals surface area contributed by atoms with Crippen LogP contribution in [0.15, 0.2) is 12.1 Å². The van der Waals surface area contributed by atoms with Crippen LogP contribution in [-0.4, -0.2) is 71.5 Å². The number of benzene rings is 1. The number of morpholine rings is 1. The molecular weight excluding hydrogens is 442 g/mol. The highest BCUT2D eigenvalue weighted by Gasteiger charge is 2.28. The third-order valence-corrected chi connectivity index (χ3v) is 6.83. The number of imidazole rings is 1. The Balaban J connectivity index is 1.45. The van der Waals surface area contributed by atoms with Crippen molar-refractivity contribution in [3.63, 3.8) is 0 Å². The van der Waals surface area contributed by atoms with Crippen LogP contribution in [0, 0.1) is 0 Å².